The van der Waals surface area contributed by atoms with E-state index in [0.29, 0.717) is 12.5 Å². The third-order valence-corrected chi connectivity index (χ3v) is 3.34. The standard InChI is InChI=1S/C4H6NO2S/c6-8(7)4-1-3(4)2-5-8/h3,5H,1-2H2. The van der Waals surface area contributed by atoms with Crippen molar-refractivity contribution in [2.75, 3.05) is 6.54 Å². The Bertz CT molecular complexity index is 208. The molecule has 1 aliphatic heterocycles. The fourth-order valence-corrected chi connectivity index (χ4v) is 2.55. The summed E-state index contributed by atoms with van der Waals surface area (Å²) in [6.07, 6.45) is 0.815. The van der Waals surface area contributed by atoms with E-state index in [9.17, 15) is 8.42 Å². The van der Waals surface area contributed by atoms with Gasteiger partial charge in [-0.3, -0.25) is 0 Å². The van der Waals surface area contributed by atoms with Gasteiger partial charge in [0.2, 0.25) is 10.0 Å². The molecule has 1 atom stereocenters. The highest BCUT2D eigenvalue weighted by molar-refractivity contribution is 7.93. The van der Waals surface area contributed by atoms with Crippen LogP contribution in [-0.2, 0) is 10.0 Å². The summed E-state index contributed by atoms with van der Waals surface area (Å²) in [5.74, 6) is 0.375. The van der Waals surface area contributed by atoms with Crippen LogP contribution in [0.25, 0.3) is 0 Å². The Morgan fingerprint density at radius 3 is 2.50 bits per heavy atom. The molecule has 0 aromatic heterocycles. The molecule has 1 aliphatic carbocycles. The summed E-state index contributed by atoms with van der Waals surface area (Å²) in [6, 6.07) is 0. The smallest absolute Gasteiger partial charge is 0.214 e. The number of hydrogen-bond acceptors (Lipinski definition) is 2. The molecule has 1 heterocycles. The van der Waals surface area contributed by atoms with Gasteiger partial charge in [-0.2, -0.15) is 0 Å². The molecule has 4 heteroatoms. The van der Waals surface area contributed by atoms with E-state index in [0.717, 1.165) is 11.7 Å². The molecule has 0 spiro atoms. The van der Waals surface area contributed by atoms with Crippen molar-refractivity contribution in [3.05, 3.63) is 5.25 Å². The third kappa shape index (κ3) is 0.444. The molecule has 2 rings (SSSR count). The van der Waals surface area contributed by atoms with Crippen LogP contribution in [0.3, 0.4) is 0 Å². The van der Waals surface area contributed by atoms with E-state index in [2.05, 4.69) is 4.72 Å². The molecule has 8 heavy (non-hydrogen) atoms. The van der Waals surface area contributed by atoms with Gasteiger partial charge in [0.15, 0.2) is 0 Å². The molecule has 0 aromatic rings. The van der Waals surface area contributed by atoms with Gasteiger partial charge in [0.05, 0.1) is 0 Å². The van der Waals surface area contributed by atoms with E-state index in [4.69, 9.17) is 0 Å². The van der Waals surface area contributed by atoms with Crippen LogP contribution in [0.4, 0.5) is 0 Å². The van der Waals surface area contributed by atoms with Crippen molar-refractivity contribution in [1.82, 2.24) is 4.72 Å². The minimum absolute atomic E-state index is 0.375. The second-order valence-corrected chi connectivity index (χ2v) is 4.04. The summed E-state index contributed by atoms with van der Waals surface area (Å²) < 4.78 is 23.7. The molecule has 1 saturated heterocycles. The van der Waals surface area contributed by atoms with Crippen LogP contribution >= 0.6 is 0 Å². The van der Waals surface area contributed by atoms with E-state index in [1.54, 1.807) is 0 Å². The maximum Gasteiger partial charge on any atom is 0.219 e. The third-order valence-electron chi connectivity index (χ3n) is 1.61. The van der Waals surface area contributed by atoms with Crippen LogP contribution in [0, 0.1) is 11.2 Å². The van der Waals surface area contributed by atoms with Gasteiger partial charge in [-0.05, 0) is 12.3 Å². The van der Waals surface area contributed by atoms with Gasteiger partial charge in [-0.1, -0.05) is 0 Å². The predicted octanol–water partition coefficient (Wildman–Crippen LogP) is -0.529. The first-order valence-corrected chi connectivity index (χ1v) is 4.04. The molecule has 2 fully saturated rings. The highest BCUT2D eigenvalue weighted by Gasteiger charge is 2.53. The lowest BCUT2D eigenvalue weighted by Gasteiger charge is -1.91. The van der Waals surface area contributed by atoms with Gasteiger partial charge in [0, 0.05) is 6.54 Å². The number of hydrogen-bond donors (Lipinski definition) is 1. The maximum atomic E-state index is 10.7. The summed E-state index contributed by atoms with van der Waals surface area (Å²) in [5.41, 5.74) is 0. The molecule has 45 valence electrons. The Morgan fingerprint density at radius 2 is 2.38 bits per heavy atom. The molecule has 2 aliphatic rings. The van der Waals surface area contributed by atoms with Gasteiger partial charge in [-0.15, -0.1) is 0 Å². The van der Waals surface area contributed by atoms with Crippen molar-refractivity contribution in [2.24, 2.45) is 5.92 Å². The highest BCUT2D eigenvalue weighted by atomic mass is 32.2. The first-order valence-electron chi connectivity index (χ1n) is 2.55. The highest BCUT2D eigenvalue weighted by Crippen LogP contribution is 2.48. The van der Waals surface area contributed by atoms with Crippen LogP contribution in [0.15, 0.2) is 0 Å². The lowest BCUT2D eigenvalue weighted by molar-refractivity contribution is 0.592. The average Bonchev–Trinajstić information content (AvgIpc) is 2.34. The monoisotopic (exact) mass is 132 g/mol. The Hall–Kier alpha value is -0.0900. The van der Waals surface area contributed by atoms with E-state index in [1.165, 1.54) is 0 Å². The number of nitrogens with one attached hydrogen (secondary N) is 1. The molecular formula is C4H6NO2S. The molecule has 3 nitrogen and oxygen atoms in total. The number of rotatable bonds is 0. The second-order valence-electron chi connectivity index (χ2n) is 2.22. The van der Waals surface area contributed by atoms with Gasteiger partial charge in [0.1, 0.15) is 5.25 Å². The van der Waals surface area contributed by atoms with Crippen molar-refractivity contribution in [3.8, 4) is 0 Å². The Balaban J connectivity index is 2.42. The largest absolute Gasteiger partial charge is 0.219 e. The fraction of sp³-hybridized carbons (Fsp3) is 0.750. The molecule has 0 amide bonds. The second kappa shape index (κ2) is 1.09. The lowest BCUT2D eigenvalue weighted by Crippen LogP contribution is -2.18. The van der Waals surface area contributed by atoms with Crippen molar-refractivity contribution in [3.63, 3.8) is 0 Å². The Labute approximate surface area is 48.1 Å². The van der Waals surface area contributed by atoms with Crippen molar-refractivity contribution >= 4 is 10.0 Å². The van der Waals surface area contributed by atoms with Gasteiger partial charge >= 0.3 is 0 Å². The zero-order valence-corrected chi connectivity index (χ0v) is 5.03. The van der Waals surface area contributed by atoms with Crippen molar-refractivity contribution in [1.29, 1.82) is 0 Å². The van der Waals surface area contributed by atoms with Crippen LogP contribution < -0.4 is 4.72 Å². The maximum absolute atomic E-state index is 10.7. The predicted molar refractivity (Wildman–Crippen MR) is 28.3 cm³/mol. The Morgan fingerprint density at radius 1 is 1.62 bits per heavy atom. The van der Waals surface area contributed by atoms with E-state index < -0.39 is 10.0 Å². The molecule has 1 saturated carbocycles. The first kappa shape index (κ1) is 4.76. The summed E-state index contributed by atoms with van der Waals surface area (Å²) in [5, 5.41) is 0.720. The summed E-state index contributed by atoms with van der Waals surface area (Å²) in [6.45, 7) is 0.650. The topological polar surface area (TPSA) is 46.2 Å². The molecular weight excluding hydrogens is 126 g/mol. The average molecular weight is 132 g/mol. The van der Waals surface area contributed by atoms with Crippen LogP contribution in [-0.4, -0.2) is 15.0 Å². The van der Waals surface area contributed by atoms with Gasteiger partial charge < -0.3 is 0 Å². The van der Waals surface area contributed by atoms with Crippen LogP contribution in [0.5, 0.6) is 0 Å². The van der Waals surface area contributed by atoms with Crippen LogP contribution in [0.2, 0.25) is 0 Å². The number of sulfonamides is 1. The zero-order valence-electron chi connectivity index (χ0n) is 4.22. The first-order chi connectivity index (χ1) is 3.70. The minimum atomic E-state index is -2.88. The fourth-order valence-electron chi connectivity index (χ4n) is 1.00. The SMILES string of the molecule is O=S1(=O)NCC2C[C]21. The summed E-state index contributed by atoms with van der Waals surface area (Å²) in [7, 11) is -2.88. The minimum Gasteiger partial charge on any atom is -0.214 e. The van der Waals surface area contributed by atoms with Crippen molar-refractivity contribution < 1.29 is 8.42 Å². The molecule has 1 N–H and O–H groups in total. The lowest BCUT2D eigenvalue weighted by atomic mass is 10.4. The van der Waals surface area contributed by atoms with Crippen LogP contribution in [0.1, 0.15) is 6.42 Å². The van der Waals surface area contributed by atoms with Crippen molar-refractivity contribution in [2.45, 2.75) is 6.42 Å². The molecule has 1 radical (unpaired) electrons. The van der Waals surface area contributed by atoms with E-state index in [-0.39, 0.29) is 0 Å². The molecule has 0 aromatic carbocycles. The normalized spacial score (nSPS) is 41.8. The van der Waals surface area contributed by atoms with E-state index >= 15 is 0 Å². The summed E-state index contributed by atoms with van der Waals surface area (Å²) in [4.78, 5) is 0. The summed E-state index contributed by atoms with van der Waals surface area (Å²) >= 11 is 0. The zero-order chi connectivity index (χ0) is 5.78. The van der Waals surface area contributed by atoms with Gasteiger partial charge in [-0.25, -0.2) is 13.1 Å². The quantitative estimate of drug-likeness (QED) is 0.481. The molecule has 0 bridgehead atoms. The van der Waals surface area contributed by atoms with E-state index in [1.807, 2.05) is 0 Å². The molecule has 1 unspecified atom stereocenters. The Kier molecular flexibility index (Phi) is 0.646. The number of fused-ring (bicyclic) bond motifs is 1. The van der Waals surface area contributed by atoms with Gasteiger partial charge in [0.25, 0.3) is 0 Å².